The van der Waals surface area contributed by atoms with Gasteiger partial charge in [-0.3, -0.25) is 4.68 Å². The summed E-state index contributed by atoms with van der Waals surface area (Å²) < 4.78 is 6.76. The molecule has 2 rings (SSSR count). The number of hydrogen-bond donors (Lipinski definition) is 0. The second-order valence-corrected chi connectivity index (χ2v) is 3.72. The molecule has 2 aromatic heterocycles. The maximum atomic E-state index is 5.75. The lowest BCUT2D eigenvalue weighted by atomic mass is 10.8. The Bertz CT molecular complexity index is 526. The molecule has 0 aromatic carbocycles. The average molecular weight is 256 g/mol. The maximum Gasteiger partial charge on any atom is 0.343 e. The van der Waals surface area contributed by atoms with Crippen LogP contribution in [0.5, 0.6) is 12.0 Å². The third-order valence-corrected chi connectivity index (χ3v) is 1.91. The van der Waals surface area contributed by atoms with E-state index in [0.717, 1.165) is 0 Å². The van der Waals surface area contributed by atoms with Crippen molar-refractivity contribution in [1.82, 2.24) is 29.7 Å². The molecule has 0 atom stereocenters. The van der Waals surface area contributed by atoms with Crippen LogP contribution in [0.25, 0.3) is 0 Å². The first kappa shape index (κ1) is 11.5. The van der Waals surface area contributed by atoms with E-state index in [1.54, 1.807) is 26.0 Å². The van der Waals surface area contributed by atoms with E-state index in [-0.39, 0.29) is 17.3 Å². The zero-order valence-electron chi connectivity index (χ0n) is 9.49. The van der Waals surface area contributed by atoms with Crippen LogP contribution in [-0.2, 0) is 7.05 Å². The predicted molar refractivity (Wildman–Crippen MR) is 60.2 cm³/mol. The highest BCUT2D eigenvalue weighted by Gasteiger charge is 2.10. The molecule has 8 nitrogen and oxygen atoms in total. The lowest BCUT2D eigenvalue weighted by molar-refractivity contribution is 0.403. The van der Waals surface area contributed by atoms with E-state index in [2.05, 4.69) is 25.0 Å². The summed E-state index contributed by atoms with van der Waals surface area (Å²) in [6.07, 6.45) is 1.50. The van der Waals surface area contributed by atoms with Crippen LogP contribution >= 0.6 is 11.6 Å². The summed E-state index contributed by atoms with van der Waals surface area (Å²) in [5.74, 6) is 0.399. The lowest BCUT2D eigenvalue weighted by Crippen LogP contribution is -2.13. The van der Waals surface area contributed by atoms with Crippen LogP contribution in [0.2, 0.25) is 5.28 Å². The van der Waals surface area contributed by atoms with Crippen molar-refractivity contribution in [3.63, 3.8) is 0 Å². The van der Waals surface area contributed by atoms with E-state index in [1.165, 1.54) is 11.0 Å². The number of nitrogens with zero attached hydrogens (tertiary/aromatic N) is 7. The summed E-state index contributed by atoms with van der Waals surface area (Å²) in [5, 5.41) is 3.99. The summed E-state index contributed by atoms with van der Waals surface area (Å²) in [4.78, 5) is 17.4. The van der Waals surface area contributed by atoms with E-state index in [1.807, 2.05) is 0 Å². The van der Waals surface area contributed by atoms with E-state index in [4.69, 9.17) is 16.3 Å². The van der Waals surface area contributed by atoms with Crippen LogP contribution in [0.1, 0.15) is 0 Å². The first-order valence-electron chi connectivity index (χ1n) is 4.67. The van der Waals surface area contributed by atoms with Gasteiger partial charge in [0.05, 0.1) is 0 Å². The molecule has 0 fully saturated rings. The predicted octanol–water partition coefficient (Wildman–Crippen LogP) is 0.512. The van der Waals surface area contributed by atoms with Crippen LogP contribution < -0.4 is 9.64 Å². The molecule has 2 heterocycles. The number of aryl methyl sites for hydroxylation is 1. The number of rotatable bonds is 3. The Morgan fingerprint density at radius 3 is 2.59 bits per heavy atom. The Hall–Kier alpha value is -1.96. The van der Waals surface area contributed by atoms with Gasteiger partial charge >= 0.3 is 12.0 Å². The Morgan fingerprint density at radius 2 is 2.00 bits per heavy atom. The van der Waals surface area contributed by atoms with Crippen molar-refractivity contribution in [1.29, 1.82) is 0 Å². The Labute approximate surface area is 102 Å². The fourth-order valence-electron chi connectivity index (χ4n) is 1.02. The molecule has 0 saturated heterocycles. The first-order chi connectivity index (χ1) is 8.04. The molecule has 2 aromatic rings. The molecule has 0 spiro atoms. The van der Waals surface area contributed by atoms with Gasteiger partial charge in [0.1, 0.15) is 6.33 Å². The molecule has 90 valence electrons. The minimum atomic E-state index is 0.0506. The normalized spacial score (nSPS) is 10.4. The molecule has 0 aliphatic heterocycles. The van der Waals surface area contributed by atoms with Gasteiger partial charge < -0.3 is 9.64 Å². The second-order valence-electron chi connectivity index (χ2n) is 3.38. The number of ether oxygens (including phenoxy) is 1. The highest BCUT2D eigenvalue weighted by Crippen LogP contribution is 2.16. The molecule has 9 heteroatoms. The Morgan fingerprint density at radius 1 is 1.24 bits per heavy atom. The molecule has 0 aliphatic rings. The molecule has 17 heavy (non-hydrogen) atoms. The standard InChI is InChI=1S/C8H10ClN7O/c1-15(2)6-11-5(9)12-8(13-6)17-7-10-4-16(3)14-7/h4H,1-3H3. The van der Waals surface area contributed by atoms with E-state index in [9.17, 15) is 0 Å². The molecule has 0 bridgehead atoms. The fourth-order valence-corrected chi connectivity index (χ4v) is 1.16. The SMILES string of the molecule is CN(C)c1nc(Cl)nc(Oc2ncn(C)n2)n1. The quantitative estimate of drug-likeness (QED) is 0.790. The minimum Gasteiger partial charge on any atom is -0.387 e. The molecule has 0 N–H and O–H groups in total. The van der Waals surface area contributed by atoms with Gasteiger partial charge in [-0.25, -0.2) is 0 Å². The van der Waals surface area contributed by atoms with Crippen molar-refractivity contribution >= 4 is 17.5 Å². The van der Waals surface area contributed by atoms with Gasteiger partial charge in [-0.1, -0.05) is 0 Å². The molecular weight excluding hydrogens is 246 g/mol. The minimum absolute atomic E-state index is 0.0506. The summed E-state index contributed by atoms with van der Waals surface area (Å²) in [6, 6.07) is 0.208. The summed E-state index contributed by atoms with van der Waals surface area (Å²) in [6.45, 7) is 0. The molecular formula is C8H10ClN7O. The summed E-state index contributed by atoms with van der Waals surface area (Å²) in [5.41, 5.74) is 0. The number of hydrogen-bond acceptors (Lipinski definition) is 7. The van der Waals surface area contributed by atoms with Crippen molar-refractivity contribution in [2.24, 2.45) is 7.05 Å². The van der Waals surface area contributed by atoms with E-state index < -0.39 is 0 Å². The van der Waals surface area contributed by atoms with Crippen molar-refractivity contribution in [3.05, 3.63) is 11.6 Å². The van der Waals surface area contributed by atoms with Gasteiger partial charge in [-0.05, 0) is 11.6 Å². The fraction of sp³-hybridized carbons (Fsp3) is 0.375. The van der Waals surface area contributed by atoms with Gasteiger partial charge in [-0.2, -0.15) is 19.9 Å². The number of anilines is 1. The van der Waals surface area contributed by atoms with Crippen LogP contribution in [-0.4, -0.2) is 43.8 Å². The lowest BCUT2D eigenvalue weighted by Gasteiger charge is -2.09. The topological polar surface area (TPSA) is 81.9 Å². The van der Waals surface area contributed by atoms with Gasteiger partial charge in [0.15, 0.2) is 0 Å². The van der Waals surface area contributed by atoms with Crippen LogP contribution in [0, 0.1) is 0 Å². The average Bonchev–Trinajstić information content (AvgIpc) is 2.63. The zero-order chi connectivity index (χ0) is 12.4. The van der Waals surface area contributed by atoms with Crippen LogP contribution in [0.4, 0.5) is 5.95 Å². The third kappa shape index (κ3) is 2.78. The van der Waals surface area contributed by atoms with Crippen molar-refractivity contribution < 1.29 is 4.74 Å². The molecule has 0 radical (unpaired) electrons. The third-order valence-electron chi connectivity index (χ3n) is 1.74. The van der Waals surface area contributed by atoms with E-state index in [0.29, 0.717) is 5.95 Å². The second kappa shape index (κ2) is 4.50. The van der Waals surface area contributed by atoms with Crippen molar-refractivity contribution in [3.8, 4) is 12.0 Å². The highest BCUT2D eigenvalue weighted by atomic mass is 35.5. The monoisotopic (exact) mass is 255 g/mol. The largest absolute Gasteiger partial charge is 0.387 e. The van der Waals surface area contributed by atoms with Crippen LogP contribution in [0.3, 0.4) is 0 Å². The van der Waals surface area contributed by atoms with E-state index >= 15 is 0 Å². The Balaban J connectivity index is 2.26. The summed E-state index contributed by atoms with van der Waals surface area (Å²) in [7, 11) is 5.30. The number of aromatic nitrogens is 6. The molecule has 0 unspecified atom stereocenters. The number of halogens is 1. The highest BCUT2D eigenvalue weighted by molar-refractivity contribution is 6.28. The summed E-state index contributed by atoms with van der Waals surface area (Å²) >= 11 is 5.75. The van der Waals surface area contributed by atoms with Gasteiger partial charge in [0.25, 0.3) is 0 Å². The van der Waals surface area contributed by atoms with Gasteiger partial charge in [0, 0.05) is 21.1 Å². The smallest absolute Gasteiger partial charge is 0.343 e. The van der Waals surface area contributed by atoms with Crippen molar-refractivity contribution in [2.75, 3.05) is 19.0 Å². The molecule has 0 aliphatic carbocycles. The Kier molecular flexibility index (Phi) is 3.05. The first-order valence-corrected chi connectivity index (χ1v) is 5.05. The van der Waals surface area contributed by atoms with Crippen LogP contribution in [0.15, 0.2) is 6.33 Å². The molecule has 0 saturated carbocycles. The molecule has 0 amide bonds. The van der Waals surface area contributed by atoms with Gasteiger partial charge in [-0.15, -0.1) is 5.10 Å². The van der Waals surface area contributed by atoms with Crippen molar-refractivity contribution in [2.45, 2.75) is 0 Å². The maximum absolute atomic E-state index is 5.75. The van der Waals surface area contributed by atoms with Gasteiger partial charge in [0.2, 0.25) is 11.2 Å². The zero-order valence-corrected chi connectivity index (χ0v) is 10.2.